The fraction of sp³-hybridized carbons (Fsp3) is 0.190. The van der Waals surface area contributed by atoms with Crippen LogP contribution < -0.4 is 26.4 Å². The van der Waals surface area contributed by atoms with Crippen molar-refractivity contribution >= 4 is 51.7 Å². The zero-order valence-electron chi connectivity index (χ0n) is 26.3. The van der Waals surface area contributed by atoms with Gasteiger partial charge in [0.05, 0.1) is 22.4 Å². The number of furan rings is 1. The van der Waals surface area contributed by atoms with Crippen molar-refractivity contribution in [1.29, 1.82) is 0 Å². The number of anilines is 5. The Labute approximate surface area is 271 Å². The number of para-hydroxylation sites is 2. The Bertz CT molecular complexity index is 2160. The fourth-order valence-electron chi connectivity index (χ4n) is 9.54. The van der Waals surface area contributed by atoms with Crippen molar-refractivity contribution in [2.75, 3.05) is 9.80 Å². The summed E-state index contributed by atoms with van der Waals surface area (Å²) < 4.78 is 7.34. The van der Waals surface area contributed by atoms with E-state index in [1.165, 1.54) is 59.2 Å². The smallest absolute Gasteiger partial charge is 0.297 e. The van der Waals surface area contributed by atoms with E-state index in [2.05, 4.69) is 151 Å². The molecule has 4 heteroatoms. The van der Waals surface area contributed by atoms with E-state index in [0.717, 1.165) is 39.5 Å². The molecule has 0 radical (unpaired) electrons. The Hall–Kier alpha value is -4.96. The fourth-order valence-corrected chi connectivity index (χ4v) is 9.54. The predicted molar refractivity (Wildman–Crippen MR) is 192 cm³/mol. The van der Waals surface area contributed by atoms with Crippen LogP contribution in [0.3, 0.4) is 0 Å². The van der Waals surface area contributed by atoms with Gasteiger partial charge < -0.3 is 14.2 Å². The molecule has 4 heterocycles. The molecule has 0 bridgehead atoms. The number of nitrogens with zero attached hydrogens (tertiary/aromatic N) is 2. The first-order valence-corrected chi connectivity index (χ1v) is 16.8. The van der Waals surface area contributed by atoms with Crippen LogP contribution >= 0.6 is 0 Å². The van der Waals surface area contributed by atoms with Crippen molar-refractivity contribution in [1.82, 2.24) is 0 Å². The zero-order chi connectivity index (χ0) is 30.6. The molecular formula is C42H35BN2O. The van der Waals surface area contributed by atoms with Gasteiger partial charge in [-0.1, -0.05) is 123 Å². The van der Waals surface area contributed by atoms with E-state index in [0.29, 0.717) is 0 Å². The van der Waals surface area contributed by atoms with Crippen LogP contribution in [0.15, 0.2) is 132 Å². The van der Waals surface area contributed by atoms with Gasteiger partial charge in [-0.05, 0) is 66.1 Å². The highest BCUT2D eigenvalue weighted by atomic mass is 16.3. The van der Waals surface area contributed by atoms with Gasteiger partial charge in [-0.25, -0.2) is 0 Å². The van der Waals surface area contributed by atoms with Crippen LogP contribution in [0.5, 0.6) is 0 Å². The Morgan fingerprint density at radius 3 is 2.04 bits per heavy atom. The first kappa shape index (κ1) is 26.3. The van der Waals surface area contributed by atoms with E-state index in [1.54, 1.807) is 0 Å². The zero-order valence-corrected chi connectivity index (χ0v) is 26.3. The van der Waals surface area contributed by atoms with Crippen molar-refractivity contribution in [3.05, 3.63) is 133 Å². The first-order chi connectivity index (χ1) is 22.6. The summed E-state index contributed by atoms with van der Waals surface area (Å²) in [6.45, 7) is 5.06. The Kier molecular flexibility index (Phi) is 5.31. The molecule has 1 saturated carbocycles. The van der Waals surface area contributed by atoms with E-state index in [4.69, 9.17) is 4.42 Å². The predicted octanol–water partition coefficient (Wildman–Crippen LogP) is 8.97. The summed E-state index contributed by atoms with van der Waals surface area (Å²) >= 11 is 0. The lowest BCUT2D eigenvalue weighted by molar-refractivity contribution is 0.195. The van der Waals surface area contributed by atoms with Crippen molar-refractivity contribution in [3.63, 3.8) is 0 Å². The van der Waals surface area contributed by atoms with Crippen LogP contribution in [0.1, 0.15) is 45.1 Å². The average molecular weight is 595 g/mol. The number of benzene rings is 5. The molecule has 1 aliphatic carbocycles. The van der Waals surface area contributed by atoms with Gasteiger partial charge in [-0.2, -0.15) is 0 Å². The molecule has 3 aliphatic heterocycles. The number of hydrogen-bond donors (Lipinski definition) is 0. The minimum Gasteiger partial charge on any atom is -0.467 e. The highest BCUT2D eigenvalue weighted by molar-refractivity contribution is 6.99. The van der Waals surface area contributed by atoms with E-state index in [1.807, 2.05) is 0 Å². The molecule has 5 aromatic carbocycles. The second kappa shape index (κ2) is 9.29. The van der Waals surface area contributed by atoms with E-state index in [9.17, 15) is 0 Å². The molecule has 10 rings (SSSR count). The van der Waals surface area contributed by atoms with Crippen molar-refractivity contribution in [2.24, 2.45) is 0 Å². The summed E-state index contributed by atoms with van der Waals surface area (Å²) in [4.78, 5) is 5.25. The number of rotatable bonds is 3. The molecule has 0 amide bonds. The summed E-state index contributed by atoms with van der Waals surface area (Å²) in [6, 6.07) is 46.4. The second-order valence-corrected chi connectivity index (χ2v) is 14.0. The van der Waals surface area contributed by atoms with Crippen molar-refractivity contribution in [3.8, 4) is 22.5 Å². The van der Waals surface area contributed by atoms with Crippen LogP contribution in [0.25, 0.3) is 22.5 Å². The number of hydrogen-bond acceptors (Lipinski definition) is 3. The summed E-state index contributed by atoms with van der Waals surface area (Å²) in [5, 5.41) is 0. The summed E-state index contributed by atoms with van der Waals surface area (Å²) in [5.41, 5.74) is 15.0. The molecule has 2 unspecified atom stereocenters. The molecule has 4 aliphatic rings. The van der Waals surface area contributed by atoms with Gasteiger partial charge in [0.2, 0.25) is 0 Å². The summed E-state index contributed by atoms with van der Waals surface area (Å²) in [7, 11) is 0. The number of fused-ring (bicyclic) bond motifs is 7. The maximum absolute atomic E-state index is 7.34. The molecule has 1 fully saturated rings. The lowest BCUT2D eigenvalue weighted by Gasteiger charge is -2.52. The lowest BCUT2D eigenvalue weighted by atomic mass is 9.35. The van der Waals surface area contributed by atoms with Crippen LogP contribution in [0.4, 0.5) is 28.4 Å². The Morgan fingerprint density at radius 1 is 0.630 bits per heavy atom. The van der Waals surface area contributed by atoms with Crippen LogP contribution in [0.2, 0.25) is 0 Å². The van der Waals surface area contributed by atoms with Gasteiger partial charge >= 0.3 is 0 Å². The average Bonchev–Trinajstić information content (AvgIpc) is 3.60. The van der Waals surface area contributed by atoms with Crippen LogP contribution in [-0.2, 0) is 5.41 Å². The SMILES string of the molecule is CC12CCCCC1(C)N1c3cccc4c3B(c3cccc2c31)c1oc(-c2ccccc2)c(-c2ccccc2)c1N4c1ccccc1. The lowest BCUT2D eigenvalue weighted by Crippen LogP contribution is -2.64. The van der Waals surface area contributed by atoms with E-state index >= 15 is 0 Å². The summed E-state index contributed by atoms with van der Waals surface area (Å²) in [6.07, 6.45) is 4.96. The molecular weight excluding hydrogens is 559 g/mol. The molecule has 0 N–H and O–H groups in total. The van der Waals surface area contributed by atoms with E-state index < -0.39 is 0 Å². The quantitative estimate of drug-likeness (QED) is 0.191. The monoisotopic (exact) mass is 594 g/mol. The normalized spacial score (nSPS) is 21.8. The maximum Gasteiger partial charge on any atom is 0.297 e. The largest absolute Gasteiger partial charge is 0.467 e. The third-order valence-electron chi connectivity index (χ3n) is 11.8. The van der Waals surface area contributed by atoms with Gasteiger partial charge in [0.25, 0.3) is 6.71 Å². The van der Waals surface area contributed by atoms with Crippen molar-refractivity contribution in [2.45, 2.75) is 50.5 Å². The minimum atomic E-state index is -0.0142. The molecule has 46 heavy (non-hydrogen) atoms. The summed E-state index contributed by atoms with van der Waals surface area (Å²) in [5.74, 6) is 0.926. The molecule has 222 valence electrons. The molecule has 6 aromatic rings. The van der Waals surface area contributed by atoms with Gasteiger partial charge in [0.15, 0.2) is 0 Å². The molecule has 2 atom stereocenters. The second-order valence-electron chi connectivity index (χ2n) is 14.0. The maximum atomic E-state index is 7.34. The first-order valence-electron chi connectivity index (χ1n) is 16.8. The van der Waals surface area contributed by atoms with Crippen LogP contribution in [0, 0.1) is 0 Å². The van der Waals surface area contributed by atoms with Crippen molar-refractivity contribution < 1.29 is 4.42 Å². The van der Waals surface area contributed by atoms with E-state index in [-0.39, 0.29) is 17.7 Å². The molecule has 1 aromatic heterocycles. The van der Waals surface area contributed by atoms with Crippen LogP contribution in [-0.4, -0.2) is 12.3 Å². The highest BCUT2D eigenvalue weighted by Gasteiger charge is 2.61. The molecule has 3 nitrogen and oxygen atoms in total. The highest BCUT2D eigenvalue weighted by Crippen LogP contribution is 2.62. The van der Waals surface area contributed by atoms with Gasteiger partial charge in [-0.3, -0.25) is 0 Å². The third kappa shape index (κ3) is 3.19. The molecule has 0 spiro atoms. The minimum absolute atomic E-state index is 0.00912. The Morgan fingerprint density at radius 2 is 1.28 bits per heavy atom. The Balaban J connectivity index is 1.35. The van der Waals surface area contributed by atoms with Gasteiger partial charge in [-0.15, -0.1) is 0 Å². The molecule has 0 saturated heterocycles. The topological polar surface area (TPSA) is 19.6 Å². The standard InChI is InChI=1S/C42H35BN2O/c1-41-26-12-13-27-42(41,2)45-34-25-15-24-33-36(34)43(32-23-14-22-31(41)37(32)45)40-38(44(33)30-20-10-5-11-21-30)35(28-16-6-3-7-17-28)39(46-40)29-18-8-4-9-19-29/h3-11,14-25H,12-13,26-27H2,1-2H3. The third-order valence-corrected chi connectivity index (χ3v) is 11.8. The van der Waals surface area contributed by atoms with Gasteiger partial charge in [0.1, 0.15) is 5.76 Å². The van der Waals surface area contributed by atoms with Gasteiger partial charge in [0, 0.05) is 33.7 Å².